The summed E-state index contributed by atoms with van der Waals surface area (Å²) in [5, 5.41) is 0. The molecule has 74 valence electrons. The van der Waals surface area contributed by atoms with Crippen LogP contribution in [0, 0.1) is 0 Å². The van der Waals surface area contributed by atoms with Crippen molar-refractivity contribution in [3.63, 3.8) is 0 Å². The molecule has 0 atom stereocenters. The number of hydrogen-bond donors (Lipinski definition) is 0. The molecule has 1 rings (SSSR count). The molecule has 0 saturated heterocycles. The minimum atomic E-state index is 0.851. The number of likely N-dealkylation sites (N-methyl/N-ethyl adjacent to an activating group) is 1. The standard InChI is InChI=1S/C13H17N/c1-4-12(3)11-14(5-2)13-9-7-6-8-10-13/h4,6-10H,1,3,5,11H2,2H3. The van der Waals surface area contributed by atoms with Crippen molar-refractivity contribution in [3.8, 4) is 0 Å². The van der Waals surface area contributed by atoms with Crippen molar-refractivity contribution < 1.29 is 0 Å². The van der Waals surface area contributed by atoms with Gasteiger partial charge in [0.15, 0.2) is 0 Å². The molecule has 1 heteroatoms. The zero-order valence-electron chi connectivity index (χ0n) is 8.74. The van der Waals surface area contributed by atoms with Gasteiger partial charge in [-0.25, -0.2) is 0 Å². The fraction of sp³-hybridized carbons (Fsp3) is 0.231. The first-order valence-corrected chi connectivity index (χ1v) is 4.88. The van der Waals surface area contributed by atoms with Crippen molar-refractivity contribution in [3.05, 3.63) is 55.1 Å². The van der Waals surface area contributed by atoms with Crippen molar-refractivity contribution in [1.29, 1.82) is 0 Å². The Labute approximate surface area is 86.4 Å². The van der Waals surface area contributed by atoms with Gasteiger partial charge in [0, 0.05) is 18.8 Å². The monoisotopic (exact) mass is 187 g/mol. The molecule has 0 N–H and O–H groups in total. The van der Waals surface area contributed by atoms with Crippen LogP contribution in [0.15, 0.2) is 55.1 Å². The summed E-state index contributed by atoms with van der Waals surface area (Å²) in [6.07, 6.45) is 1.81. The molecule has 0 aliphatic carbocycles. The van der Waals surface area contributed by atoms with Gasteiger partial charge in [0.1, 0.15) is 0 Å². The van der Waals surface area contributed by atoms with Crippen LogP contribution in [-0.2, 0) is 0 Å². The van der Waals surface area contributed by atoms with Crippen LogP contribution in [0.5, 0.6) is 0 Å². The lowest BCUT2D eigenvalue weighted by Gasteiger charge is -2.23. The van der Waals surface area contributed by atoms with Crippen LogP contribution in [0.1, 0.15) is 6.92 Å². The fourth-order valence-electron chi connectivity index (χ4n) is 1.33. The maximum Gasteiger partial charge on any atom is 0.0423 e. The molecule has 14 heavy (non-hydrogen) atoms. The number of para-hydroxylation sites is 1. The predicted molar refractivity (Wildman–Crippen MR) is 63.7 cm³/mol. The van der Waals surface area contributed by atoms with Crippen LogP contribution in [0.2, 0.25) is 0 Å². The number of benzene rings is 1. The Morgan fingerprint density at radius 2 is 2.00 bits per heavy atom. The Hall–Kier alpha value is -1.50. The summed E-state index contributed by atoms with van der Waals surface area (Å²) in [4.78, 5) is 2.27. The topological polar surface area (TPSA) is 3.24 Å². The van der Waals surface area contributed by atoms with E-state index in [0.29, 0.717) is 0 Å². The minimum Gasteiger partial charge on any atom is -0.368 e. The first kappa shape index (κ1) is 10.6. The molecule has 0 spiro atoms. The van der Waals surface area contributed by atoms with Gasteiger partial charge >= 0.3 is 0 Å². The molecule has 0 unspecified atom stereocenters. The van der Waals surface area contributed by atoms with E-state index in [1.807, 2.05) is 12.1 Å². The molecule has 0 amide bonds. The summed E-state index contributed by atoms with van der Waals surface area (Å²) in [5.74, 6) is 0. The van der Waals surface area contributed by atoms with Crippen molar-refractivity contribution in [2.75, 3.05) is 18.0 Å². The highest BCUT2D eigenvalue weighted by molar-refractivity contribution is 5.47. The Kier molecular flexibility index (Phi) is 3.99. The van der Waals surface area contributed by atoms with Crippen molar-refractivity contribution >= 4 is 5.69 Å². The molecule has 0 saturated carbocycles. The van der Waals surface area contributed by atoms with Crippen LogP contribution in [0.3, 0.4) is 0 Å². The van der Waals surface area contributed by atoms with E-state index in [-0.39, 0.29) is 0 Å². The molecule has 0 fully saturated rings. The molecular weight excluding hydrogens is 170 g/mol. The zero-order chi connectivity index (χ0) is 10.4. The molecule has 1 aromatic carbocycles. The highest BCUT2D eigenvalue weighted by Crippen LogP contribution is 2.13. The smallest absolute Gasteiger partial charge is 0.0423 e. The summed E-state index contributed by atoms with van der Waals surface area (Å²) in [6.45, 7) is 11.6. The summed E-state index contributed by atoms with van der Waals surface area (Å²) in [6, 6.07) is 10.3. The highest BCUT2D eigenvalue weighted by atomic mass is 15.1. The minimum absolute atomic E-state index is 0.851. The van der Waals surface area contributed by atoms with Crippen molar-refractivity contribution in [1.82, 2.24) is 0 Å². The van der Waals surface area contributed by atoms with Crippen LogP contribution in [-0.4, -0.2) is 13.1 Å². The molecule has 0 radical (unpaired) electrons. The van der Waals surface area contributed by atoms with Gasteiger partial charge < -0.3 is 4.90 Å². The van der Waals surface area contributed by atoms with Gasteiger partial charge in [-0.05, 0) is 24.6 Å². The summed E-state index contributed by atoms with van der Waals surface area (Å²) in [7, 11) is 0. The van der Waals surface area contributed by atoms with Gasteiger partial charge in [0.2, 0.25) is 0 Å². The Morgan fingerprint density at radius 3 is 2.50 bits per heavy atom. The highest BCUT2D eigenvalue weighted by Gasteiger charge is 2.02. The predicted octanol–water partition coefficient (Wildman–Crippen LogP) is 3.26. The Bertz CT molecular complexity index is 300. The van der Waals surface area contributed by atoms with Gasteiger partial charge in [-0.15, -0.1) is 0 Å². The van der Waals surface area contributed by atoms with E-state index in [0.717, 1.165) is 18.7 Å². The maximum atomic E-state index is 3.93. The van der Waals surface area contributed by atoms with E-state index in [4.69, 9.17) is 0 Å². The van der Waals surface area contributed by atoms with Crippen molar-refractivity contribution in [2.45, 2.75) is 6.92 Å². The van der Waals surface area contributed by atoms with Gasteiger partial charge in [0.05, 0.1) is 0 Å². The average Bonchev–Trinajstić information content (AvgIpc) is 2.26. The third kappa shape index (κ3) is 2.77. The molecule has 0 bridgehead atoms. The first-order chi connectivity index (χ1) is 6.77. The fourth-order valence-corrected chi connectivity index (χ4v) is 1.33. The average molecular weight is 187 g/mol. The van der Waals surface area contributed by atoms with Crippen LogP contribution >= 0.6 is 0 Å². The zero-order valence-corrected chi connectivity index (χ0v) is 8.74. The van der Waals surface area contributed by atoms with Gasteiger partial charge in [-0.2, -0.15) is 0 Å². The van der Waals surface area contributed by atoms with E-state index in [1.54, 1.807) is 0 Å². The van der Waals surface area contributed by atoms with E-state index in [9.17, 15) is 0 Å². The van der Waals surface area contributed by atoms with Crippen molar-refractivity contribution in [2.24, 2.45) is 0 Å². The van der Waals surface area contributed by atoms with Crippen LogP contribution in [0.25, 0.3) is 0 Å². The molecule has 0 aliphatic heterocycles. The molecule has 1 aromatic rings. The van der Waals surface area contributed by atoms with E-state index in [2.05, 4.69) is 49.2 Å². The lowest BCUT2D eigenvalue weighted by molar-refractivity contribution is 0.891. The Morgan fingerprint density at radius 1 is 1.36 bits per heavy atom. The van der Waals surface area contributed by atoms with Gasteiger partial charge in [-0.1, -0.05) is 37.4 Å². The van der Waals surface area contributed by atoms with Gasteiger partial charge in [0.25, 0.3) is 0 Å². The second-order valence-corrected chi connectivity index (χ2v) is 3.21. The normalized spacial score (nSPS) is 9.50. The number of hydrogen-bond acceptors (Lipinski definition) is 1. The van der Waals surface area contributed by atoms with E-state index >= 15 is 0 Å². The molecule has 0 aromatic heterocycles. The summed E-state index contributed by atoms with van der Waals surface area (Å²) in [5.41, 5.74) is 2.29. The number of anilines is 1. The first-order valence-electron chi connectivity index (χ1n) is 4.88. The SMILES string of the molecule is C=CC(=C)CN(CC)c1ccccc1. The van der Waals surface area contributed by atoms with Crippen LogP contribution < -0.4 is 4.90 Å². The molecule has 0 aliphatic rings. The van der Waals surface area contributed by atoms with E-state index < -0.39 is 0 Å². The van der Waals surface area contributed by atoms with E-state index in [1.165, 1.54) is 5.69 Å². The Balaban J connectivity index is 2.72. The largest absolute Gasteiger partial charge is 0.368 e. The van der Waals surface area contributed by atoms with Gasteiger partial charge in [-0.3, -0.25) is 0 Å². The molecule has 0 heterocycles. The maximum absolute atomic E-state index is 3.93. The summed E-state index contributed by atoms with van der Waals surface area (Å²) >= 11 is 0. The second kappa shape index (κ2) is 5.28. The third-order valence-electron chi connectivity index (χ3n) is 2.19. The quantitative estimate of drug-likeness (QED) is 0.639. The lowest BCUT2D eigenvalue weighted by Crippen LogP contribution is -2.24. The number of nitrogens with zero attached hydrogens (tertiary/aromatic N) is 1. The number of rotatable bonds is 5. The second-order valence-electron chi connectivity index (χ2n) is 3.21. The molecule has 1 nitrogen and oxygen atoms in total. The molecular formula is C13H17N. The summed E-state index contributed by atoms with van der Waals surface area (Å²) < 4.78 is 0. The lowest BCUT2D eigenvalue weighted by atomic mass is 10.2. The third-order valence-corrected chi connectivity index (χ3v) is 2.19. The van der Waals surface area contributed by atoms with Crippen LogP contribution in [0.4, 0.5) is 5.69 Å².